The Hall–Kier alpha value is -0.770. The van der Waals surface area contributed by atoms with Gasteiger partial charge in [0.05, 0.1) is 13.2 Å². The molecule has 14 heavy (non-hydrogen) atoms. The highest BCUT2D eigenvalue weighted by atomic mass is 16.5. The van der Waals surface area contributed by atoms with Crippen molar-refractivity contribution in [1.29, 1.82) is 0 Å². The number of nitrogens with one attached hydrogen (secondary N) is 1. The minimum Gasteiger partial charge on any atom is -0.450 e. The second-order valence-corrected chi connectivity index (χ2v) is 3.94. The maximum atomic E-state index is 11.0. The third-order valence-corrected chi connectivity index (χ3v) is 2.88. The van der Waals surface area contributed by atoms with E-state index in [0.29, 0.717) is 13.2 Å². The molecule has 1 saturated carbocycles. The largest absolute Gasteiger partial charge is 0.450 e. The van der Waals surface area contributed by atoms with Gasteiger partial charge in [-0.15, -0.1) is 0 Å². The van der Waals surface area contributed by atoms with Crippen molar-refractivity contribution in [2.75, 3.05) is 19.8 Å². The number of carbonyl (C=O) groups is 1. The Morgan fingerprint density at radius 2 is 2.14 bits per heavy atom. The average molecular weight is 201 g/mol. The maximum absolute atomic E-state index is 11.0. The van der Waals surface area contributed by atoms with Gasteiger partial charge in [0.15, 0.2) is 0 Å². The molecule has 1 amide bonds. The van der Waals surface area contributed by atoms with E-state index in [1.165, 1.54) is 0 Å². The summed E-state index contributed by atoms with van der Waals surface area (Å²) in [5.41, 5.74) is -0.0905. The monoisotopic (exact) mass is 201 g/mol. The molecule has 0 unspecified atom stereocenters. The first-order chi connectivity index (χ1) is 6.72. The number of alkyl carbamates (subject to hydrolysis) is 1. The first kappa shape index (κ1) is 11.3. The molecule has 0 saturated heterocycles. The van der Waals surface area contributed by atoms with Crippen molar-refractivity contribution in [3.63, 3.8) is 0 Å². The normalized spacial score (nSPS) is 19.3. The number of hydrogen-bond donors (Lipinski definition) is 2. The van der Waals surface area contributed by atoms with Crippen LogP contribution in [0.5, 0.6) is 0 Å². The molecule has 0 heterocycles. The molecule has 82 valence electrons. The molecule has 0 aliphatic heterocycles. The Labute approximate surface area is 84.6 Å². The van der Waals surface area contributed by atoms with Crippen molar-refractivity contribution in [3.8, 4) is 0 Å². The summed E-state index contributed by atoms with van der Waals surface area (Å²) in [6.45, 7) is 2.84. The highest BCUT2D eigenvalue weighted by Gasteiger charge is 2.33. The summed E-state index contributed by atoms with van der Waals surface area (Å²) in [6.07, 6.45) is 3.90. The molecule has 1 fully saturated rings. The Kier molecular flexibility index (Phi) is 4.20. The number of rotatable bonds is 4. The van der Waals surface area contributed by atoms with E-state index in [1.54, 1.807) is 6.92 Å². The quantitative estimate of drug-likeness (QED) is 0.720. The molecule has 0 radical (unpaired) electrons. The van der Waals surface area contributed by atoms with Crippen molar-refractivity contribution in [2.45, 2.75) is 32.6 Å². The van der Waals surface area contributed by atoms with E-state index >= 15 is 0 Å². The van der Waals surface area contributed by atoms with E-state index in [2.05, 4.69) is 5.32 Å². The minimum absolute atomic E-state index is 0.0905. The van der Waals surface area contributed by atoms with Gasteiger partial charge in [-0.1, -0.05) is 12.8 Å². The molecule has 1 aliphatic rings. The molecule has 0 aromatic heterocycles. The van der Waals surface area contributed by atoms with Gasteiger partial charge in [0.2, 0.25) is 0 Å². The molecule has 4 nitrogen and oxygen atoms in total. The smallest absolute Gasteiger partial charge is 0.407 e. The molecule has 0 aromatic rings. The van der Waals surface area contributed by atoms with Gasteiger partial charge >= 0.3 is 6.09 Å². The van der Waals surface area contributed by atoms with Gasteiger partial charge in [-0.25, -0.2) is 4.79 Å². The number of aliphatic hydroxyl groups is 1. The van der Waals surface area contributed by atoms with Gasteiger partial charge in [0, 0.05) is 12.0 Å². The van der Waals surface area contributed by atoms with Crippen LogP contribution in [0.25, 0.3) is 0 Å². The van der Waals surface area contributed by atoms with Crippen LogP contribution < -0.4 is 5.32 Å². The maximum Gasteiger partial charge on any atom is 0.407 e. The van der Waals surface area contributed by atoms with Crippen LogP contribution >= 0.6 is 0 Å². The highest BCUT2D eigenvalue weighted by molar-refractivity contribution is 5.67. The van der Waals surface area contributed by atoms with E-state index in [0.717, 1.165) is 25.7 Å². The van der Waals surface area contributed by atoms with Crippen LogP contribution in [0.3, 0.4) is 0 Å². The van der Waals surface area contributed by atoms with E-state index in [9.17, 15) is 9.90 Å². The van der Waals surface area contributed by atoms with Gasteiger partial charge in [-0.05, 0) is 19.8 Å². The molecule has 4 heteroatoms. The number of amides is 1. The molecule has 0 spiro atoms. The Morgan fingerprint density at radius 3 is 2.64 bits per heavy atom. The van der Waals surface area contributed by atoms with Crippen molar-refractivity contribution in [1.82, 2.24) is 5.32 Å². The van der Waals surface area contributed by atoms with E-state index in [1.807, 2.05) is 0 Å². The predicted octanol–water partition coefficient (Wildman–Crippen LogP) is 1.29. The fourth-order valence-corrected chi connectivity index (χ4v) is 1.96. The van der Waals surface area contributed by atoms with Crippen LogP contribution in [0, 0.1) is 5.41 Å². The Bertz CT molecular complexity index is 188. The summed E-state index contributed by atoms with van der Waals surface area (Å²) < 4.78 is 4.76. The fourth-order valence-electron chi connectivity index (χ4n) is 1.96. The molecule has 1 aliphatic carbocycles. The second-order valence-electron chi connectivity index (χ2n) is 3.94. The zero-order chi connectivity index (χ0) is 10.4. The molecule has 0 atom stereocenters. The van der Waals surface area contributed by atoms with Crippen molar-refractivity contribution in [2.24, 2.45) is 5.41 Å². The summed E-state index contributed by atoms with van der Waals surface area (Å²) in [5, 5.41) is 12.0. The Balaban J connectivity index is 2.30. The molecule has 1 rings (SSSR count). The SMILES string of the molecule is CCOC(=O)NCC1(CO)CCCC1. The number of hydrogen-bond acceptors (Lipinski definition) is 3. The van der Waals surface area contributed by atoms with Crippen molar-refractivity contribution >= 4 is 6.09 Å². The number of ether oxygens (including phenoxy) is 1. The zero-order valence-corrected chi connectivity index (χ0v) is 8.71. The zero-order valence-electron chi connectivity index (χ0n) is 8.71. The van der Waals surface area contributed by atoms with Crippen LogP contribution in [0.2, 0.25) is 0 Å². The third kappa shape index (κ3) is 2.87. The van der Waals surface area contributed by atoms with Crippen molar-refractivity contribution in [3.05, 3.63) is 0 Å². The highest BCUT2D eigenvalue weighted by Crippen LogP contribution is 2.36. The summed E-state index contributed by atoms with van der Waals surface area (Å²) in [7, 11) is 0. The van der Waals surface area contributed by atoms with Crippen molar-refractivity contribution < 1.29 is 14.6 Å². The van der Waals surface area contributed by atoms with Crippen LogP contribution in [-0.4, -0.2) is 31.0 Å². The molecular formula is C10H19NO3. The topological polar surface area (TPSA) is 58.6 Å². The van der Waals surface area contributed by atoms with Crippen LogP contribution in [0.1, 0.15) is 32.6 Å². The lowest BCUT2D eigenvalue weighted by atomic mass is 9.87. The van der Waals surface area contributed by atoms with Crippen LogP contribution in [-0.2, 0) is 4.74 Å². The predicted molar refractivity (Wildman–Crippen MR) is 53.0 cm³/mol. The van der Waals surface area contributed by atoms with E-state index in [-0.39, 0.29) is 18.1 Å². The molecule has 0 bridgehead atoms. The molecule has 0 aromatic carbocycles. The lowest BCUT2D eigenvalue weighted by molar-refractivity contribution is 0.114. The molecular weight excluding hydrogens is 182 g/mol. The third-order valence-electron chi connectivity index (χ3n) is 2.88. The summed E-state index contributed by atoms with van der Waals surface area (Å²) in [6, 6.07) is 0. The van der Waals surface area contributed by atoms with Crippen LogP contribution in [0.4, 0.5) is 4.79 Å². The Morgan fingerprint density at radius 1 is 1.50 bits per heavy atom. The first-order valence-electron chi connectivity index (χ1n) is 5.24. The van der Waals surface area contributed by atoms with Gasteiger partial charge in [-0.2, -0.15) is 0 Å². The van der Waals surface area contributed by atoms with Gasteiger partial charge in [-0.3, -0.25) is 0 Å². The lowest BCUT2D eigenvalue weighted by Gasteiger charge is -2.26. The first-order valence-corrected chi connectivity index (χ1v) is 5.24. The standard InChI is InChI=1S/C10H19NO3/c1-2-14-9(13)11-7-10(8-12)5-3-4-6-10/h12H,2-8H2,1H3,(H,11,13). The second kappa shape index (κ2) is 5.20. The summed E-state index contributed by atoms with van der Waals surface area (Å²) in [4.78, 5) is 11.0. The van der Waals surface area contributed by atoms with Crippen LogP contribution in [0.15, 0.2) is 0 Å². The fraction of sp³-hybridized carbons (Fsp3) is 0.900. The average Bonchev–Trinajstić information content (AvgIpc) is 2.65. The van der Waals surface area contributed by atoms with Gasteiger partial charge in [0.1, 0.15) is 0 Å². The van der Waals surface area contributed by atoms with Gasteiger partial charge in [0.25, 0.3) is 0 Å². The summed E-state index contributed by atoms with van der Waals surface area (Å²) in [5.74, 6) is 0. The number of carbonyl (C=O) groups excluding carboxylic acids is 1. The van der Waals surface area contributed by atoms with Gasteiger partial charge < -0.3 is 15.2 Å². The molecule has 2 N–H and O–H groups in total. The summed E-state index contributed by atoms with van der Waals surface area (Å²) >= 11 is 0. The minimum atomic E-state index is -0.382. The lowest BCUT2D eigenvalue weighted by Crippen LogP contribution is -2.38. The van der Waals surface area contributed by atoms with E-state index < -0.39 is 0 Å². The van der Waals surface area contributed by atoms with E-state index in [4.69, 9.17) is 4.74 Å². The number of aliphatic hydroxyl groups excluding tert-OH is 1.